The van der Waals surface area contributed by atoms with Gasteiger partial charge in [0, 0.05) is 5.56 Å². The van der Waals surface area contributed by atoms with Gasteiger partial charge in [0.2, 0.25) is 5.79 Å². The number of benzene rings is 2. The van der Waals surface area contributed by atoms with Crippen LogP contribution in [0, 0.1) is 0 Å². The van der Waals surface area contributed by atoms with Crippen LogP contribution in [0.25, 0.3) is 0 Å². The van der Waals surface area contributed by atoms with Crippen LogP contribution >= 0.6 is 23.2 Å². The largest absolute Gasteiger partial charge is 0.456 e. The molecule has 0 N–H and O–H groups in total. The van der Waals surface area contributed by atoms with Crippen molar-refractivity contribution in [2.75, 3.05) is 6.61 Å². The molecule has 27 heavy (non-hydrogen) atoms. The van der Waals surface area contributed by atoms with Gasteiger partial charge in [0.25, 0.3) is 0 Å². The second kappa shape index (κ2) is 7.48. The second-order valence-corrected chi connectivity index (χ2v) is 7.07. The molecule has 1 aliphatic heterocycles. The van der Waals surface area contributed by atoms with Crippen LogP contribution in [-0.2, 0) is 21.8 Å². The molecule has 0 spiro atoms. The fraction of sp³-hybridized carbons (Fsp3) is 0.263. The fourth-order valence-corrected chi connectivity index (χ4v) is 3.49. The molecule has 0 bridgehead atoms. The van der Waals surface area contributed by atoms with Crippen molar-refractivity contribution < 1.29 is 14.2 Å². The highest BCUT2D eigenvalue weighted by Crippen LogP contribution is 2.41. The quantitative estimate of drug-likeness (QED) is 0.617. The van der Waals surface area contributed by atoms with Gasteiger partial charge in [-0.15, -0.1) is 0 Å². The molecule has 1 saturated heterocycles. The van der Waals surface area contributed by atoms with Gasteiger partial charge in [-0.2, -0.15) is 5.10 Å². The Bertz CT molecular complexity index is 936. The minimum atomic E-state index is -1.03. The highest BCUT2D eigenvalue weighted by atomic mass is 35.5. The Hall–Kier alpha value is -2.12. The van der Waals surface area contributed by atoms with Crippen molar-refractivity contribution in [3.05, 3.63) is 70.7 Å². The van der Waals surface area contributed by atoms with Crippen molar-refractivity contribution in [2.45, 2.75) is 25.4 Å². The van der Waals surface area contributed by atoms with Gasteiger partial charge in [-0.25, -0.2) is 9.67 Å². The topological polar surface area (TPSA) is 58.4 Å². The van der Waals surface area contributed by atoms with Crippen LogP contribution in [0.2, 0.25) is 10.0 Å². The molecule has 6 nitrogen and oxygen atoms in total. The van der Waals surface area contributed by atoms with Gasteiger partial charge in [-0.3, -0.25) is 0 Å². The van der Waals surface area contributed by atoms with Crippen LogP contribution in [-0.4, -0.2) is 27.5 Å². The molecule has 0 radical (unpaired) electrons. The molecule has 0 saturated carbocycles. The molecule has 1 aliphatic rings. The normalized spacial score (nSPS) is 22.1. The van der Waals surface area contributed by atoms with E-state index in [1.807, 2.05) is 31.2 Å². The molecular weight excluding hydrogens is 389 g/mol. The molecule has 140 valence electrons. The van der Waals surface area contributed by atoms with Crippen molar-refractivity contribution in [1.29, 1.82) is 0 Å². The summed E-state index contributed by atoms with van der Waals surface area (Å²) in [6, 6.07) is 12.6. The van der Waals surface area contributed by atoms with E-state index in [9.17, 15) is 0 Å². The van der Waals surface area contributed by atoms with E-state index >= 15 is 0 Å². The van der Waals surface area contributed by atoms with Crippen LogP contribution in [0.3, 0.4) is 0 Å². The molecule has 4 rings (SSSR count). The van der Waals surface area contributed by atoms with Crippen molar-refractivity contribution >= 4 is 23.2 Å². The smallest absolute Gasteiger partial charge is 0.217 e. The van der Waals surface area contributed by atoms with E-state index in [1.54, 1.807) is 29.2 Å². The Kier molecular flexibility index (Phi) is 5.06. The van der Waals surface area contributed by atoms with Gasteiger partial charge in [-0.05, 0) is 37.3 Å². The molecule has 0 aliphatic carbocycles. The Balaban J connectivity index is 1.64. The first-order valence-electron chi connectivity index (χ1n) is 8.42. The molecule has 1 fully saturated rings. The molecule has 1 aromatic heterocycles. The number of ether oxygens (including phenoxy) is 3. The van der Waals surface area contributed by atoms with Gasteiger partial charge in [0.1, 0.15) is 30.7 Å². The van der Waals surface area contributed by atoms with Gasteiger partial charge >= 0.3 is 0 Å². The summed E-state index contributed by atoms with van der Waals surface area (Å²) in [5.74, 6) is 0.0914. The maximum absolute atomic E-state index is 6.57. The highest BCUT2D eigenvalue weighted by Gasteiger charge is 2.44. The Morgan fingerprint density at radius 1 is 1.22 bits per heavy atom. The van der Waals surface area contributed by atoms with E-state index in [1.165, 1.54) is 6.33 Å². The van der Waals surface area contributed by atoms with Crippen LogP contribution in [0.15, 0.2) is 55.1 Å². The summed E-state index contributed by atoms with van der Waals surface area (Å²) in [7, 11) is 0. The lowest BCUT2D eigenvalue weighted by Gasteiger charge is -2.29. The molecule has 2 atom stereocenters. The lowest BCUT2D eigenvalue weighted by Crippen LogP contribution is -2.34. The van der Waals surface area contributed by atoms with E-state index in [4.69, 9.17) is 37.4 Å². The third-order valence-corrected chi connectivity index (χ3v) is 4.82. The summed E-state index contributed by atoms with van der Waals surface area (Å²) >= 11 is 12.7. The summed E-state index contributed by atoms with van der Waals surface area (Å²) in [6.45, 7) is 2.75. The van der Waals surface area contributed by atoms with Crippen LogP contribution in [0.1, 0.15) is 12.5 Å². The Labute approximate surface area is 166 Å². The molecule has 0 amide bonds. The number of hydrogen-bond acceptors (Lipinski definition) is 5. The second-order valence-electron chi connectivity index (χ2n) is 6.26. The first-order valence-corrected chi connectivity index (χ1v) is 9.18. The number of aromatic nitrogens is 3. The molecular formula is C19H17Cl2N3O3. The average Bonchev–Trinajstić information content (AvgIpc) is 3.28. The van der Waals surface area contributed by atoms with Crippen LogP contribution in [0.4, 0.5) is 0 Å². The first-order chi connectivity index (χ1) is 13.1. The standard InChI is InChI=1S/C19H17Cl2N3O3/c1-13-9-25-19(27-13,10-24-12-22-11-23-24)15-7-6-14(8-17(15)21)26-18-5-3-2-4-16(18)20/h2-8,11-13H,9-10H2,1H3/t13-,19-/m0/s1. The van der Waals surface area contributed by atoms with Crippen molar-refractivity contribution in [3.63, 3.8) is 0 Å². The minimum Gasteiger partial charge on any atom is -0.456 e. The number of rotatable bonds is 5. The maximum atomic E-state index is 6.57. The zero-order valence-electron chi connectivity index (χ0n) is 14.5. The Morgan fingerprint density at radius 3 is 2.74 bits per heavy atom. The number of para-hydroxylation sites is 1. The highest BCUT2D eigenvalue weighted by molar-refractivity contribution is 6.32. The SMILES string of the molecule is C[C@H]1CO[C@](Cn2cncn2)(c2ccc(Oc3ccccc3Cl)cc2Cl)O1. The van der Waals surface area contributed by atoms with E-state index < -0.39 is 5.79 Å². The summed E-state index contributed by atoms with van der Waals surface area (Å²) in [5, 5.41) is 5.14. The molecule has 0 unspecified atom stereocenters. The number of halogens is 2. The third kappa shape index (κ3) is 3.80. The van der Waals surface area contributed by atoms with Crippen molar-refractivity contribution in [2.24, 2.45) is 0 Å². The van der Waals surface area contributed by atoms with Gasteiger partial charge in [-0.1, -0.05) is 35.3 Å². The molecule has 3 aromatic rings. The van der Waals surface area contributed by atoms with E-state index in [0.29, 0.717) is 40.3 Å². The summed E-state index contributed by atoms with van der Waals surface area (Å²) in [5.41, 5.74) is 0.704. The monoisotopic (exact) mass is 405 g/mol. The van der Waals surface area contributed by atoms with E-state index in [2.05, 4.69) is 10.1 Å². The summed E-state index contributed by atoms with van der Waals surface area (Å²) in [4.78, 5) is 3.97. The van der Waals surface area contributed by atoms with Gasteiger partial charge in [0.15, 0.2) is 0 Å². The lowest BCUT2D eigenvalue weighted by atomic mass is 10.1. The van der Waals surface area contributed by atoms with E-state index in [0.717, 1.165) is 0 Å². The van der Waals surface area contributed by atoms with Crippen LogP contribution < -0.4 is 4.74 Å². The number of hydrogen-bond donors (Lipinski definition) is 0. The van der Waals surface area contributed by atoms with Gasteiger partial charge in [0.05, 0.1) is 22.8 Å². The van der Waals surface area contributed by atoms with Crippen molar-refractivity contribution in [3.8, 4) is 11.5 Å². The zero-order valence-corrected chi connectivity index (χ0v) is 16.0. The molecule has 8 heteroatoms. The molecule has 2 heterocycles. The van der Waals surface area contributed by atoms with Crippen LogP contribution in [0.5, 0.6) is 11.5 Å². The Morgan fingerprint density at radius 2 is 2.07 bits per heavy atom. The van der Waals surface area contributed by atoms with Gasteiger partial charge < -0.3 is 14.2 Å². The molecule has 2 aromatic carbocycles. The number of nitrogens with zero attached hydrogens (tertiary/aromatic N) is 3. The maximum Gasteiger partial charge on any atom is 0.217 e. The average molecular weight is 406 g/mol. The summed E-state index contributed by atoms with van der Waals surface area (Å²) in [6.07, 6.45) is 3.01. The minimum absolute atomic E-state index is 0.0661. The first kappa shape index (κ1) is 18.3. The summed E-state index contributed by atoms with van der Waals surface area (Å²) < 4.78 is 19.6. The zero-order chi connectivity index (χ0) is 18.9. The van der Waals surface area contributed by atoms with Crippen molar-refractivity contribution in [1.82, 2.24) is 14.8 Å². The van der Waals surface area contributed by atoms with E-state index in [-0.39, 0.29) is 6.10 Å². The predicted molar refractivity (Wildman–Crippen MR) is 101 cm³/mol. The third-order valence-electron chi connectivity index (χ3n) is 4.19. The predicted octanol–water partition coefficient (Wildman–Crippen LogP) is 4.67. The fourth-order valence-electron chi connectivity index (χ4n) is 3.00. The lowest BCUT2D eigenvalue weighted by molar-refractivity contribution is -0.186.